The van der Waals surface area contributed by atoms with Crippen molar-refractivity contribution in [1.82, 2.24) is 0 Å². The summed E-state index contributed by atoms with van der Waals surface area (Å²) in [6.45, 7) is 3.61. The van der Waals surface area contributed by atoms with Crippen LogP contribution in [0.5, 0.6) is 11.5 Å². The first-order valence-corrected chi connectivity index (χ1v) is 11.0. The fourth-order valence-corrected chi connectivity index (χ4v) is 3.97. The van der Waals surface area contributed by atoms with E-state index in [2.05, 4.69) is 10.2 Å². The Bertz CT molecular complexity index is 1090. The number of carbonyl (C=O) groups excluding carboxylic acids is 1. The second kappa shape index (κ2) is 10.1. The molecule has 9 heteroatoms. The maximum atomic E-state index is 12.9. The van der Waals surface area contributed by atoms with E-state index in [1.807, 2.05) is 12.1 Å². The molecule has 7 nitrogen and oxygen atoms in total. The quantitative estimate of drug-likeness (QED) is 0.518. The maximum absolute atomic E-state index is 12.9. The van der Waals surface area contributed by atoms with E-state index in [9.17, 15) is 10.1 Å². The molecule has 32 heavy (non-hydrogen) atoms. The average molecular weight is 474 g/mol. The fraction of sp³-hybridized carbons (Fsp3) is 0.304. The average Bonchev–Trinajstić information content (AvgIpc) is 3.04. The van der Waals surface area contributed by atoms with Crippen molar-refractivity contribution in [3.8, 4) is 17.6 Å². The van der Waals surface area contributed by atoms with Gasteiger partial charge in [-0.2, -0.15) is 5.26 Å². The Labute approximate surface area is 196 Å². The van der Waals surface area contributed by atoms with Gasteiger partial charge in [-0.3, -0.25) is 4.79 Å². The smallest absolute Gasteiger partial charge is 0.266 e. The third kappa shape index (κ3) is 5.10. The van der Waals surface area contributed by atoms with E-state index >= 15 is 0 Å². The minimum atomic E-state index is -0.549. The molecule has 0 unspecified atom stereocenters. The summed E-state index contributed by atoms with van der Waals surface area (Å²) in [5.74, 6) is 0.411. The zero-order chi connectivity index (χ0) is 22.5. The molecule has 1 fully saturated rings. The van der Waals surface area contributed by atoms with E-state index in [0.717, 1.165) is 12.1 Å². The van der Waals surface area contributed by atoms with Crippen LogP contribution in [-0.4, -0.2) is 45.4 Å². The van der Waals surface area contributed by atoms with Crippen LogP contribution >= 0.6 is 23.2 Å². The number of rotatable bonds is 4. The summed E-state index contributed by atoms with van der Waals surface area (Å²) in [7, 11) is 0. The number of carbonyl (C=O) groups is 1. The summed E-state index contributed by atoms with van der Waals surface area (Å²) < 4.78 is 16.7. The van der Waals surface area contributed by atoms with Crippen molar-refractivity contribution in [2.24, 2.45) is 0 Å². The third-order valence-corrected chi connectivity index (χ3v) is 5.57. The highest BCUT2D eigenvalue weighted by Crippen LogP contribution is 2.38. The molecule has 0 aliphatic carbocycles. The van der Waals surface area contributed by atoms with Crippen molar-refractivity contribution in [1.29, 1.82) is 5.26 Å². The van der Waals surface area contributed by atoms with E-state index in [1.54, 1.807) is 24.3 Å². The first-order valence-electron chi connectivity index (χ1n) is 10.2. The molecule has 0 spiro atoms. The highest BCUT2D eigenvalue weighted by atomic mass is 35.5. The van der Waals surface area contributed by atoms with Crippen LogP contribution in [0, 0.1) is 11.3 Å². The Morgan fingerprint density at radius 1 is 1.09 bits per heavy atom. The first kappa shape index (κ1) is 22.3. The van der Waals surface area contributed by atoms with Crippen molar-refractivity contribution in [2.75, 3.05) is 49.7 Å². The molecule has 0 aromatic heterocycles. The molecule has 2 aromatic rings. The van der Waals surface area contributed by atoms with Gasteiger partial charge in [0, 0.05) is 24.5 Å². The van der Waals surface area contributed by atoms with Crippen molar-refractivity contribution >= 4 is 46.6 Å². The summed E-state index contributed by atoms with van der Waals surface area (Å²) in [5, 5.41) is 13.3. The lowest BCUT2D eigenvalue weighted by Crippen LogP contribution is -2.36. The highest BCUT2D eigenvalue weighted by molar-refractivity contribution is 6.32. The molecular weight excluding hydrogens is 453 g/mol. The molecule has 1 N–H and O–H groups in total. The molecule has 0 bridgehead atoms. The Kier molecular flexibility index (Phi) is 7.05. The van der Waals surface area contributed by atoms with E-state index in [-0.39, 0.29) is 5.57 Å². The number of morpholine rings is 1. The predicted octanol–water partition coefficient (Wildman–Crippen LogP) is 4.54. The number of hydrogen-bond acceptors (Lipinski definition) is 6. The monoisotopic (exact) mass is 473 g/mol. The van der Waals surface area contributed by atoms with E-state index < -0.39 is 5.91 Å². The van der Waals surface area contributed by atoms with Gasteiger partial charge >= 0.3 is 0 Å². The summed E-state index contributed by atoms with van der Waals surface area (Å²) in [6, 6.07) is 10.6. The molecular formula is C23H21Cl2N3O4. The molecule has 2 aliphatic heterocycles. The molecule has 166 valence electrons. The number of amides is 1. The molecule has 1 amide bonds. The third-order valence-electron chi connectivity index (χ3n) is 5.06. The lowest BCUT2D eigenvalue weighted by Gasteiger charge is -2.30. The number of nitrogens with one attached hydrogen (secondary N) is 1. The highest BCUT2D eigenvalue weighted by Gasteiger charge is 2.19. The van der Waals surface area contributed by atoms with Crippen LogP contribution in [0.4, 0.5) is 11.4 Å². The molecule has 2 aliphatic rings. The van der Waals surface area contributed by atoms with Crippen molar-refractivity contribution in [3.05, 3.63) is 51.5 Å². The van der Waals surface area contributed by atoms with Crippen LogP contribution in [0.25, 0.3) is 6.08 Å². The Morgan fingerprint density at radius 2 is 1.88 bits per heavy atom. The molecule has 0 saturated carbocycles. The maximum Gasteiger partial charge on any atom is 0.266 e. The van der Waals surface area contributed by atoms with Gasteiger partial charge in [0.05, 0.1) is 42.8 Å². The van der Waals surface area contributed by atoms with E-state index in [1.165, 1.54) is 6.08 Å². The lowest BCUT2D eigenvalue weighted by atomic mass is 10.1. The standard InChI is InChI=1S/C23H21Cl2N3O4/c24-17-2-3-20(28-4-8-30-9-5-28)19(13-17)27-23(29)16(14-26)10-15-11-18(25)22-21(12-15)31-6-1-7-32-22/h2-3,10-13H,1,4-9H2,(H,27,29)/b16-10+. The van der Waals surface area contributed by atoms with Crippen LogP contribution in [0.1, 0.15) is 12.0 Å². The predicted molar refractivity (Wildman–Crippen MR) is 124 cm³/mol. The van der Waals surface area contributed by atoms with Gasteiger partial charge in [0.15, 0.2) is 11.5 Å². The number of hydrogen-bond donors (Lipinski definition) is 1. The number of anilines is 2. The van der Waals surface area contributed by atoms with Crippen molar-refractivity contribution < 1.29 is 19.0 Å². The summed E-state index contributed by atoms with van der Waals surface area (Å²) in [5.41, 5.74) is 1.83. The van der Waals surface area contributed by atoms with Gasteiger partial charge in [-0.25, -0.2) is 0 Å². The van der Waals surface area contributed by atoms with Gasteiger partial charge < -0.3 is 24.4 Å². The van der Waals surface area contributed by atoms with E-state index in [0.29, 0.717) is 72.3 Å². The van der Waals surface area contributed by atoms with Crippen molar-refractivity contribution in [2.45, 2.75) is 6.42 Å². The van der Waals surface area contributed by atoms with Crippen LogP contribution < -0.4 is 19.7 Å². The summed E-state index contributed by atoms with van der Waals surface area (Å²) in [6.07, 6.45) is 2.21. The van der Waals surface area contributed by atoms with Crippen molar-refractivity contribution in [3.63, 3.8) is 0 Å². The van der Waals surface area contributed by atoms with Gasteiger partial charge in [-0.15, -0.1) is 0 Å². The Morgan fingerprint density at radius 3 is 2.66 bits per heavy atom. The van der Waals surface area contributed by atoms with Gasteiger partial charge in [-0.05, 0) is 42.0 Å². The summed E-state index contributed by atoms with van der Waals surface area (Å²) >= 11 is 12.5. The zero-order valence-electron chi connectivity index (χ0n) is 17.2. The second-order valence-electron chi connectivity index (χ2n) is 7.27. The minimum absolute atomic E-state index is 0.0801. The Hall–Kier alpha value is -2.92. The number of ether oxygens (including phenoxy) is 3. The second-order valence-corrected chi connectivity index (χ2v) is 8.11. The lowest BCUT2D eigenvalue weighted by molar-refractivity contribution is -0.112. The normalized spacial score (nSPS) is 16.2. The SMILES string of the molecule is N#C/C(=C\c1cc(Cl)c2c(c1)OCCCO2)C(=O)Nc1cc(Cl)ccc1N1CCOCC1. The van der Waals surface area contributed by atoms with Crippen LogP contribution in [-0.2, 0) is 9.53 Å². The topological polar surface area (TPSA) is 83.8 Å². The van der Waals surface area contributed by atoms with Crippen LogP contribution in [0.15, 0.2) is 35.9 Å². The van der Waals surface area contributed by atoms with Crippen LogP contribution in [0.2, 0.25) is 10.0 Å². The fourth-order valence-electron chi connectivity index (χ4n) is 3.53. The molecule has 2 heterocycles. The minimum Gasteiger partial charge on any atom is -0.489 e. The van der Waals surface area contributed by atoms with Gasteiger partial charge in [0.2, 0.25) is 0 Å². The van der Waals surface area contributed by atoms with Gasteiger partial charge in [0.25, 0.3) is 5.91 Å². The van der Waals surface area contributed by atoms with Gasteiger partial charge in [0.1, 0.15) is 11.6 Å². The number of benzene rings is 2. The number of fused-ring (bicyclic) bond motifs is 1. The van der Waals surface area contributed by atoms with E-state index in [4.69, 9.17) is 37.4 Å². The zero-order valence-corrected chi connectivity index (χ0v) is 18.7. The van der Waals surface area contributed by atoms with Crippen LogP contribution in [0.3, 0.4) is 0 Å². The number of nitriles is 1. The first-order chi connectivity index (χ1) is 15.5. The molecule has 0 atom stereocenters. The number of halogens is 2. The number of nitrogens with zero attached hydrogens (tertiary/aromatic N) is 2. The largest absolute Gasteiger partial charge is 0.489 e. The molecule has 1 saturated heterocycles. The molecule has 2 aromatic carbocycles. The van der Waals surface area contributed by atoms with Gasteiger partial charge in [-0.1, -0.05) is 23.2 Å². The Balaban J connectivity index is 1.60. The molecule has 0 radical (unpaired) electrons. The summed E-state index contributed by atoms with van der Waals surface area (Å²) in [4.78, 5) is 15.1. The molecule has 4 rings (SSSR count).